The molecular weight excluding hydrogens is 188 g/mol. The highest BCUT2D eigenvalue weighted by atomic mass is 16.3. The van der Waals surface area contributed by atoms with Crippen LogP contribution in [0.3, 0.4) is 0 Å². The molecule has 15 heavy (non-hydrogen) atoms. The molecule has 1 atom stereocenters. The molecule has 0 radical (unpaired) electrons. The molecule has 2 fully saturated rings. The van der Waals surface area contributed by atoms with Crippen LogP contribution in [0, 0.1) is 11.3 Å². The number of likely N-dealkylation sites (tertiary alicyclic amines) is 1. The lowest BCUT2D eigenvalue weighted by molar-refractivity contribution is -0.00400. The largest absolute Gasteiger partial charge is 0.389 e. The van der Waals surface area contributed by atoms with Crippen LogP contribution in [0.5, 0.6) is 0 Å². The van der Waals surface area contributed by atoms with Crippen molar-refractivity contribution in [2.45, 2.75) is 56.6 Å². The first-order chi connectivity index (χ1) is 7.23. The number of piperidine rings is 1. The van der Waals surface area contributed by atoms with E-state index in [-0.39, 0.29) is 6.04 Å². The van der Waals surface area contributed by atoms with E-state index in [1.807, 2.05) is 0 Å². The first-order valence-corrected chi connectivity index (χ1v) is 6.10. The van der Waals surface area contributed by atoms with E-state index in [1.54, 1.807) is 0 Å². The summed E-state index contributed by atoms with van der Waals surface area (Å²) in [7, 11) is 0. The summed E-state index contributed by atoms with van der Waals surface area (Å²) in [6.07, 6.45) is 7.43. The highest BCUT2D eigenvalue weighted by molar-refractivity contribution is 4.98. The number of nitrogens with zero attached hydrogens (tertiary/aromatic N) is 2. The Balaban J connectivity index is 1.94. The molecule has 1 heterocycles. The van der Waals surface area contributed by atoms with Crippen molar-refractivity contribution >= 4 is 0 Å². The average Bonchev–Trinajstić information content (AvgIpc) is 2.66. The monoisotopic (exact) mass is 208 g/mol. The Bertz CT molecular complexity index is 253. The summed E-state index contributed by atoms with van der Waals surface area (Å²) in [4.78, 5) is 2.19. The fraction of sp³-hybridized carbons (Fsp3) is 0.917. The number of nitriles is 1. The van der Waals surface area contributed by atoms with Crippen molar-refractivity contribution in [1.82, 2.24) is 4.90 Å². The van der Waals surface area contributed by atoms with Crippen molar-refractivity contribution in [3.05, 3.63) is 0 Å². The standard InChI is InChI=1S/C12H20N2O/c13-9-11-5-1-4-8-14(11)10-12(15)6-2-3-7-12/h11,15H,1-8,10H2. The molecule has 1 saturated heterocycles. The van der Waals surface area contributed by atoms with Crippen LogP contribution < -0.4 is 0 Å². The molecule has 84 valence electrons. The van der Waals surface area contributed by atoms with Crippen molar-refractivity contribution in [1.29, 1.82) is 5.26 Å². The zero-order valence-corrected chi connectivity index (χ0v) is 9.28. The van der Waals surface area contributed by atoms with Crippen LogP contribution in [-0.2, 0) is 0 Å². The van der Waals surface area contributed by atoms with Gasteiger partial charge in [0, 0.05) is 6.54 Å². The Morgan fingerprint density at radius 1 is 1.27 bits per heavy atom. The summed E-state index contributed by atoms with van der Waals surface area (Å²) < 4.78 is 0. The Morgan fingerprint density at radius 3 is 2.67 bits per heavy atom. The summed E-state index contributed by atoms with van der Waals surface area (Å²) in [6, 6.07) is 2.40. The lowest BCUT2D eigenvalue weighted by Crippen LogP contribution is -2.47. The third kappa shape index (κ3) is 2.50. The summed E-state index contributed by atoms with van der Waals surface area (Å²) in [6.45, 7) is 1.70. The van der Waals surface area contributed by atoms with Crippen LogP contribution >= 0.6 is 0 Å². The van der Waals surface area contributed by atoms with E-state index >= 15 is 0 Å². The fourth-order valence-corrected chi connectivity index (χ4v) is 2.90. The van der Waals surface area contributed by atoms with Crippen LogP contribution in [0.4, 0.5) is 0 Å². The quantitative estimate of drug-likeness (QED) is 0.751. The molecule has 1 aliphatic heterocycles. The highest BCUT2D eigenvalue weighted by Crippen LogP contribution is 2.31. The number of β-amino-alcohol motifs (C(OH)–C–C–N with tert-alkyl or cyclic N) is 1. The van der Waals surface area contributed by atoms with Crippen LogP contribution in [0.2, 0.25) is 0 Å². The first-order valence-electron chi connectivity index (χ1n) is 6.10. The second-order valence-corrected chi connectivity index (χ2v) is 5.04. The van der Waals surface area contributed by atoms with Gasteiger partial charge in [-0.15, -0.1) is 0 Å². The minimum atomic E-state index is -0.494. The van der Waals surface area contributed by atoms with Gasteiger partial charge in [-0.25, -0.2) is 0 Å². The van der Waals surface area contributed by atoms with Crippen LogP contribution in [0.1, 0.15) is 44.9 Å². The maximum atomic E-state index is 10.3. The van der Waals surface area contributed by atoms with Crippen LogP contribution in [0.15, 0.2) is 0 Å². The van der Waals surface area contributed by atoms with Crippen molar-refractivity contribution in [2.24, 2.45) is 0 Å². The van der Waals surface area contributed by atoms with Gasteiger partial charge in [-0.2, -0.15) is 5.26 Å². The molecule has 3 heteroatoms. The van der Waals surface area contributed by atoms with E-state index in [2.05, 4.69) is 11.0 Å². The van der Waals surface area contributed by atoms with Gasteiger partial charge < -0.3 is 5.11 Å². The van der Waals surface area contributed by atoms with Crippen molar-refractivity contribution in [2.75, 3.05) is 13.1 Å². The Labute approximate surface area is 91.7 Å². The molecule has 0 aromatic heterocycles. The van der Waals surface area contributed by atoms with Gasteiger partial charge in [0.05, 0.1) is 17.7 Å². The second kappa shape index (κ2) is 4.51. The summed E-state index contributed by atoms with van der Waals surface area (Å²) in [5.41, 5.74) is -0.494. The van der Waals surface area contributed by atoms with E-state index in [0.29, 0.717) is 6.54 Å². The molecule has 0 aromatic carbocycles. The molecular formula is C12H20N2O. The van der Waals surface area contributed by atoms with Gasteiger partial charge in [-0.05, 0) is 38.6 Å². The summed E-state index contributed by atoms with van der Waals surface area (Å²) in [5, 5.41) is 19.4. The maximum absolute atomic E-state index is 10.3. The number of hydrogen-bond donors (Lipinski definition) is 1. The first kappa shape index (κ1) is 10.9. The lowest BCUT2D eigenvalue weighted by atomic mass is 9.97. The van der Waals surface area contributed by atoms with Gasteiger partial charge in [0.25, 0.3) is 0 Å². The Kier molecular flexibility index (Phi) is 3.28. The smallest absolute Gasteiger partial charge is 0.0978 e. The zero-order chi connectivity index (χ0) is 10.7. The highest BCUT2D eigenvalue weighted by Gasteiger charge is 2.35. The molecule has 0 bridgehead atoms. The molecule has 1 unspecified atom stereocenters. The van der Waals surface area contributed by atoms with E-state index < -0.39 is 5.60 Å². The average molecular weight is 208 g/mol. The van der Waals surface area contributed by atoms with E-state index in [4.69, 9.17) is 5.26 Å². The number of aliphatic hydroxyl groups is 1. The van der Waals surface area contributed by atoms with E-state index in [9.17, 15) is 5.11 Å². The molecule has 2 aliphatic rings. The lowest BCUT2D eigenvalue weighted by Gasteiger charge is -2.36. The summed E-state index contributed by atoms with van der Waals surface area (Å²) >= 11 is 0. The van der Waals surface area contributed by atoms with E-state index in [1.165, 1.54) is 6.42 Å². The van der Waals surface area contributed by atoms with E-state index in [0.717, 1.165) is 45.1 Å². The predicted molar refractivity (Wildman–Crippen MR) is 58.2 cm³/mol. The molecule has 2 rings (SSSR count). The molecule has 0 spiro atoms. The van der Waals surface area contributed by atoms with Crippen LogP contribution in [-0.4, -0.2) is 34.7 Å². The van der Waals surface area contributed by atoms with Gasteiger partial charge >= 0.3 is 0 Å². The normalized spacial score (nSPS) is 31.3. The summed E-state index contributed by atoms with van der Waals surface area (Å²) in [5.74, 6) is 0. The Hall–Kier alpha value is -0.590. The minimum absolute atomic E-state index is 0.0448. The van der Waals surface area contributed by atoms with Gasteiger partial charge in [-0.3, -0.25) is 4.90 Å². The van der Waals surface area contributed by atoms with Gasteiger partial charge in [0.15, 0.2) is 0 Å². The molecule has 0 amide bonds. The minimum Gasteiger partial charge on any atom is -0.389 e. The third-order valence-electron chi connectivity index (χ3n) is 3.79. The van der Waals surface area contributed by atoms with Crippen molar-refractivity contribution < 1.29 is 5.11 Å². The molecule has 1 N–H and O–H groups in total. The maximum Gasteiger partial charge on any atom is 0.0978 e. The van der Waals surface area contributed by atoms with Crippen molar-refractivity contribution in [3.63, 3.8) is 0 Å². The molecule has 1 aliphatic carbocycles. The molecule has 1 saturated carbocycles. The Morgan fingerprint density at radius 2 is 2.00 bits per heavy atom. The van der Waals surface area contributed by atoms with Crippen LogP contribution in [0.25, 0.3) is 0 Å². The molecule has 0 aromatic rings. The zero-order valence-electron chi connectivity index (χ0n) is 9.28. The van der Waals surface area contributed by atoms with Gasteiger partial charge in [-0.1, -0.05) is 12.8 Å². The molecule has 3 nitrogen and oxygen atoms in total. The van der Waals surface area contributed by atoms with Gasteiger partial charge in [0.2, 0.25) is 0 Å². The SMILES string of the molecule is N#CC1CCCCN1CC1(O)CCCC1. The second-order valence-electron chi connectivity index (χ2n) is 5.04. The topological polar surface area (TPSA) is 47.3 Å². The number of rotatable bonds is 2. The fourth-order valence-electron chi connectivity index (χ4n) is 2.90. The van der Waals surface area contributed by atoms with Gasteiger partial charge in [0.1, 0.15) is 0 Å². The predicted octanol–water partition coefficient (Wildman–Crippen LogP) is 1.67. The third-order valence-corrected chi connectivity index (χ3v) is 3.79. The van der Waals surface area contributed by atoms with Crippen molar-refractivity contribution in [3.8, 4) is 6.07 Å². The number of hydrogen-bond acceptors (Lipinski definition) is 3.